The molecule has 0 spiro atoms. The zero-order chi connectivity index (χ0) is 14.8. The van der Waals surface area contributed by atoms with Crippen LogP contribution >= 0.6 is 0 Å². The molecule has 1 aromatic carbocycles. The molecule has 4 nitrogen and oxygen atoms in total. The number of sulfonamides is 1. The predicted octanol–water partition coefficient (Wildman–Crippen LogP) is 2.65. The van der Waals surface area contributed by atoms with Gasteiger partial charge in [-0.25, -0.2) is 13.1 Å². The molecule has 0 saturated carbocycles. The standard InChI is InChI=1S/C15H26N2O2S/c1-3-5-6-9-12-17-20(18,19)15-11-8-7-10-14(15)13-16-4-2/h7-8,10-11,16-17H,3-6,9,12-13H2,1-2H3. The lowest BCUT2D eigenvalue weighted by Gasteiger charge is -2.11. The maximum absolute atomic E-state index is 12.3. The van der Waals surface area contributed by atoms with Gasteiger partial charge in [-0.15, -0.1) is 0 Å². The van der Waals surface area contributed by atoms with Gasteiger partial charge < -0.3 is 5.32 Å². The summed E-state index contributed by atoms with van der Waals surface area (Å²) in [7, 11) is -3.40. The van der Waals surface area contributed by atoms with Crippen molar-refractivity contribution in [3.05, 3.63) is 29.8 Å². The van der Waals surface area contributed by atoms with Gasteiger partial charge in [0.25, 0.3) is 0 Å². The third-order valence-electron chi connectivity index (χ3n) is 3.15. The van der Waals surface area contributed by atoms with Crippen LogP contribution in [0.2, 0.25) is 0 Å². The van der Waals surface area contributed by atoms with E-state index in [4.69, 9.17) is 0 Å². The molecule has 5 heteroatoms. The summed E-state index contributed by atoms with van der Waals surface area (Å²) in [4.78, 5) is 0.386. The Morgan fingerprint density at radius 1 is 1.05 bits per heavy atom. The number of nitrogens with one attached hydrogen (secondary N) is 2. The van der Waals surface area contributed by atoms with Gasteiger partial charge in [-0.05, 0) is 24.6 Å². The summed E-state index contributed by atoms with van der Waals surface area (Å²) in [5, 5.41) is 3.17. The smallest absolute Gasteiger partial charge is 0.240 e. The summed E-state index contributed by atoms with van der Waals surface area (Å²) in [6.07, 6.45) is 4.26. The first-order chi connectivity index (χ1) is 9.61. The lowest BCUT2D eigenvalue weighted by Crippen LogP contribution is -2.26. The fourth-order valence-corrected chi connectivity index (χ4v) is 3.32. The Kier molecular flexibility index (Phi) is 7.80. The summed E-state index contributed by atoms with van der Waals surface area (Å²) < 4.78 is 27.3. The van der Waals surface area contributed by atoms with Crippen LogP contribution in [0.1, 0.15) is 45.1 Å². The van der Waals surface area contributed by atoms with E-state index in [9.17, 15) is 8.42 Å². The Bertz CT molecular complexity index is 486. The fourth-order valence-electron chi connectivity index (χ4n) is 2.01. The van der Waals surface area contributed by atoms with Gasteiger partial charge in [-0.1, -0.05) is 51.3 Å². The van der Waals surface area contributed by atoms with E-state index in [0.29, 0.717) is 18.0 Å². The van der Waals surface area contributed by atoms with Crippen LogP contribution in [0.5, 0.6) is 0 Å². The lowest BCUT2D eigenvalue weighted by molar-refractivity contribution is 0.571. The van der Waals surface area contributed by atoms with Crippen molar-refractivity contribution in [3.63, 3.8) is 0 Å². The van der Waals surface area contributed by atoms with Crippen molar-refractivity contribution in [2.75, 3.05) is 13.1 Å². The number of hydrogen-bond acceptors (Lipinski definition) is 3. The third-order valence-corrected chi connectivity index (χ3v) is 4.71. The van der Waals surface area contributed by atoms with Gasteiger partial charge in [0.05, 0.1) is 4.90 Å². The van der Waals surface area contributed by atoms with Crippen LogP contribution in [0, 0.1) is 0 Å². The zero-order valence-corrected chi connectivity index (χ0v) is 13.3. The largest absolute Gasteiger partial charge is 0.313 e. The van der Waals surface area contributed by atoms with E-state index < -0.39 is 10.0 Å². The number of benzene rings is 1. The molecule has 0 aliphatic heterocycles. The van der Waals surface area contributed by atoms with Crippen molar-refractivity contribution in [3.8, 4) is 0 Å². The van der Waals surface area contributed by atoms with Gasteiger partial charge in [-0.3, -0.25) is 0 Å². The van der Waals surface area contributed by atoms with Crippen LogP contribution < -0.4 is 10.0 Å². The number of rotatable bonds is 10. The molecule has 1 rings (SSSR count). The minimum Gasteiger partial charge on any atom is -0.313 e. The summed E-state index contributed by atoms with van der Waals surface area (Å²) in [5.41, 5.74) is 0.815. The van der Waals surface area contributed by atoms with E-state index in [2.05, 4.69) is 17.0 Å². The number of hydrogen-bond donors (Lipinski definition) is 2. The molecule has 0 saturated heterocycles. The number of unbranched alkanes of at least 4 members (excludes halogenated alkanes) is 3. The Hall–Kier alpha value is -0.910. The molecule has 20 heavy (non-hydrogen) atoms. The van der Waals surface area contributed by atoms with Gasteiger partial charge in [-0.2, -0.15) is 0 Å². The first kappa shape index (κ1) is 17.1. The van der Waals surface area contributed by atoms with E-state index in [0.717, 1.165) is 37.8 Å². The molecule has 0 radical (unpaired) electrons. The average Bonchev–Trinajstić information content (AvgIpc) is 2.45. The fraction of sp³-hybridized carbons (Fsp3) is 0.600. The highest BCUT2D eigenvalue weighted by Gasteiger charge is 2.16. The molecule has 114 valence electrons. The summed E-state index contributed by atoms with van der Waals surface area (Å²) in [5.74, 6) is 0. The molecule has 0 aliphatic carbocycles. The average molecular weight is 298 g/mol. The van der Waals surface area contributed by atoms with E-state index in [1.54, 1.807) is 12.1 Å². The van der Waals surface area contributed by atoms with Crippen LogP contribution in [0.25, 0.3) is 0 Å². The highest BCUT2D eigenvalue weighted by Crippen LogP contribution is 2.15. The Balaban J connectivity index is 2.66. The lowest BCUT2D eigenvalue weighted by atomic mass is 10.2. The van der Waals surface area contributed by atoms with Crippen molar-refractivity contribution in [1.29, 1.82) is 0 Å². The highest BCUT2D eigenvalue weighted by atomic mass is 32.2. The van der Waals surface area contributed by atoms with Crippen LogP contribution in [-0.4, -0.2) is 21.5 Å². The summed E-state index contributed by atoms with van der Waals surface area (Å²) in [6.45, 7) is 6.05. The van der Waals surface area contributed by atoms with Gasteiger partial charge in [0.1, 0.15) is 0 Å². The predicted molar refractivity (Wildman–Crippen MR) is 83.2 cm³/mol. The molecule has 0 aromatic heterocycles. The monoisotopic (exact) mass is 298 g/mol. The van der Waals surface area contributed by atoms with Gasteiger partial charge >= 0.3 is 0 Å². The minimum atomic E-state index is -3.40. The Morgan fingerprint density at radius 3 is 2.50 bits per heavy atom. The topological polar surface area (TPSA) is 58.2 Å². The molecule has 0 fully saturated rings. The van der Waals surface area contributed by atoms with Crippen LogP contribution in [0.15, 0.2) is 29.2 Å². The van der Waals surface area contributed by atoms with Crippen molar-refractivity contribution >= 4 is 10.0 Å². The third kappa shape index (κ3) is 5.61. The molecule has 2 N–H and O–H groups in total. The van der Waals surface area contributed by atoms with Gasteiger partial charge in [0.2, 0.25) is 10.0 Å². The summed E-state index contributed by atoms with van der Waals surface area (Å²) in [6, 6.07) is 7.16. The first-order valence-corrected chi connectivity index (χ1v) is 8.88. The van der Waals surface area contributed by atoms with Crippen molar-refractivity contribution in [1.82, 2.24) is 10.0 Å². The van der Waals surface area contributed by atoms with Crippen LogP contribution in [-0.2, 0) is 16.6 Å². The van der Waals surface area contributed by atoms with E-state index in [1.807, 2.05) is 19.1 Å². The maximum Gasteiger partial charge on any atom is 0.240 e. The zero-order valence-electron chi connectivity index (χ0n) is 12.5. The molecule has 0 atom stereocenters. The molecular weight excluding hydrogens is 272 g/mol. The van der Waals surface area contributed by atoms with E-state index in [-0.39, 0.29) is 0 Å². The van der Waals surface area contributed by atoms with E-state index >= 15 is 0 Å². The summed E-state index contributed by atoms with van der Waals surface area (Å²) >= 11 is 0. The second-order valence-electron chi connectivity index (χ2n) is 4.85. The van der Waals surface area contributed by atoms with Crippen molar-refractivity contribution in [2.45, 2.75) is 51.0 Å². The molecule has 0 heterocycles. The quantitative estimate of drug-likeness (QED) is 0.653. The van der Waals surface area contributed by atoms with Gasteiger partial charge in [0.15, 0.2) is 0 Å². The van der Waals surface area contributed by atoms with Crippen LogP contribution in [0.3, 0.4) is 0 Å². The SMILES string of the molecule is CCCCCCNS(=O)(=O)c1ccccc1CNCC. The van der Waals surface area contributed by atoms with E-state index in [1.165, 1.54) is 0 Å². The second-order valence-corrected chi connectivity index (χ2v) is 6.58. The second kappa shape index (κ2) is 9.10. The minimum absolute atomic E-state index is 0.386. The molecular formula is C15H26N2O2S. The normalized spacial score (nSPS) is 11.7. The van der Waals surface area contributed by atoms with Crippen molar-refractivity contribution in [2.24, 2.45) is 0 Å². The van der Waals surface area contributed by atoms with Crippen molar-refractivity contribution < 1.29 is 8.42 Å². The maximum atomic E-state index is 12.3. The molecule has 0 unspecified atom stereocenters. The highest BCUT2D eigenvalue weighted by molar-refractivity contribution is 7.89. The molecule has 0 amide bonds. The molecule has 0 bridgehead atoms. The molecule has 1 aromatic rings. The molecule has 0 aliphatic rings. The van der Waals surface area contributed by atoms with Crippen LogP contribution in [0.4, 0.5) is 0 Å². The Morgan fingerprint density at radius 2 is 1.80 bits per heavy atom. The Labute approximate surface area is 123 Å². The van der Waals surface area contributed by atoms with Gasteiger partial charge in [0, 0.05) is 13.1 Å². The first-order valence-electron chi connectivity index (χ1n) is 7.40.